The number of nitrogens with zero attached hydrogens (tertiary/aromatic N) is 1. The Hall–Kier alpha value is -2.36. The molecule has 25 heavy (non-hydrogen) atoms. The highest BCUT2D eigenvalue weighted by Gasteiger charge is 2.31. The second-order valence-corrected chi connectivity index (χ2v) is 7.21. The van der Waals surface area contributed by atoms with Gasteiger partial charge in [-0.05, 0) is 41.5 Å². The number of hydrogen-bond acceptors (Lipinski definition) is 2. The van der Waals surface area contributed by atoms with Crippen molar-refractivity contribution in [2.24, 2.45) is 5.92 Å². The average molecular weight is 336 g/mol. The molecule has 2 heterocycles. The van der Waals surface area contributed by atoms with Crippen molar-refractivity contribution >= 4 is 22.6 Å². The quantitative estimate of drug-likeness (QED) is 0.916. The van der Waals surface area contributed by atoms with E-state index in [0.717, 1.165) is 25.9 Å². The van der Waals surface area contributed by atoms with Gasteiger partial charge in [0.05, 0.1) is 5.92 Å². The minimum atomic E-state index is -0.0354. The van der Waals surface area contributed by atoms with Crippen molar-refractivity contribution in [1.29, 1.82) is 0 Å². The molecule has 1 N–H and O–H groups in total. The van der Waals surface area contributed by atoms with Gasteiger partial charge in [0.2, 0.25) is 11.8 Å². The van der Waals surface area contributed by atoms with Crippen LogP contribution in [0.2, 0.25) is 0 Å². The third kappa shape index (κ3) is 3.26. The number of benzene rings is 2. The van der Waals surface area contributed by atoms with Crippen molar-refractivity contribution in [1.82, 2.24) is 10.2 Å². The number of fused-ring (bicyclic) bond motifs is 1. The van der Waals surface area contributed by atoms with Gasteiger partial charge < -0.3 is 10.2 Å². The van der Waals surface area contributed by atoms with Crippen molar-refractivity contribution in [2.45, 2.75) is 31.6 Å². The van der Waals surface area contributed by atoms with Gasteiger partial charge in [0.25, 0.3) is 0 Å². The maximum absolute atomic E-state index is 12.7. The summed E-state index contributed by atoms with van der Waals surface area (Å²) in [6, 6.07) is 15.1. The van der Waals surface area contributed by atoms with E-state index in [1.807, 2.05) is 4.90 Å². The van der Waals surface area contributed by atoms with Crippen LogP contribution in [0.5, 0.6) is 0 Å². The number of nitrogens with one attached hydrogen (secondary N) is 1. The number of likely N-dealkylation sites (tertiary alicyclic amines) is 1. The van der Waals surface area contributed by atoms with Crippen molar-refractivity contribution in [3.8, 4) is 0 Å². The van der Waals surface area contributed by atoms with Crippen LogP contribution in [-0.2, 0) is 9.59 Å². The number of carbonyl (C=O) groups is 2. The van der Waals surface area contributed by atoms with Crippen LogP contribution < -0.4 is 5.32 Å². The molecule has 2 aromatic rings. The van der Waals surface area contributed by atoms with E-state index < -0.39 is 0 Å². The molecule has 2 amide bonds. The Morgan fingerprint density at radius 3 is 2.52 bits per heavy atom. The van der Waals surface area contributed by atoms with E-state index in [9.17, 15) is 9.59 Å². The van der Waals surface area contributed by atoms with Gasteiger partial charge in [-0.1, -0.05) is 42.5 Å². The molecule has 2 saturated heterocycles. The minimum Gasteiger partial charge on any atom is -0.355 e. The van der Waals surface area contributed by atoms with Crippen molar-refractivity contribution in [3.05, 3.63) is 48.0 Å². The van der Waals surface area contributed by atoms with Crippen LogP contribution in [0.1, 0.15) is 37.2 Å². The molecule has 0 bridgehead atoms. The Labute approximate surface area is 148 Å². The summed E-state index contributed by atoms with van der Waals surface area (Å²) in [5, 5.41) is 5.45. The molecular formula is C21H24N2O2. The molecule has 0 radical (unpaired) electrons. The SMILES string of the molecule is O=C1CC[C@H](C(=O)N2CCC(c3cccc4ccccc34)CC2)CN1. The summed E-state index contributed by atoms with van der Waals surface area (Å²) in [5.74, 6) is 0.767. The molecule has 1 atom stereocenters. The molecule has 2 aromatic carbocycles. The van der Waals surface area contributed by atoms with Crippen molar-refractivity contribution in [3.63, 3.8) is 0 Å². The first-order chi connectivity index (χ1) is 12.2. The lowest BCUT2D eigenvalue weighted by atomic mass is 9.85. The molecule has 0 aliphatic carbocycles. The molecule has 4 rings (SSSR count). The van der Waals surface area contributed by atoms with Crippen molar-refractivity contribution < 1.29 is 9.59 Å². The zero-order valence-corrected chi connectivity index (χ0v) is 14.4. The second-order valence-electron chi connectivity index (χ2n) is 7.21. The first-order valence-corrected chi connectivity index (χ1v) is 9.25. The Morgan fingerprint density at radius 1 is 1.00 bits per heavy atom. The predicted molar refractivity (Wildman–Crippen MR) is 98.2 cm³/mol. The molecule has 4 heteroatoms. The molecule has 0 saturated carbocycles. The third-order valence-corrected chi connectivity index (χ3v) is 5.68. The summed E-state index contributed by atoms with van der Waals surface area (Å²) in [6.07, 6.45) is 3.19. The topological polar surface area (TPSA) is 49.4 Å². The molecule has 0 aromatic heterocycles. The van der Waals surface area contributed by atoms with E-state index in [1.54, 1.807) is 0 Å². The van der Waals surface area contributed by atoms with Crippen LogP contribution >= 0.6 is 0 Å². The summed E-state index contributed by atoms with van der Waals surface area (Å²) in [7, 11) is 0. The van der Waals surface area contributed by atoms with Gasteiger partial charge in [-0.15, -0.1) is 0 Å². The van der Waals surface area contributed by atoms with E-state index in [-0.39, 0.29) is 17.7 Å². The van der Waals surface area contributed by atoms with Gasteiger partial charge in [0.15, 0.2) is 0 Å². The third-order valence-electron chi connectivity index (χ3n) is 5.68. The van der Waals surface area contributed by atoms with Gasteiger partial charge in [0.1, 0.15) is 0 Å². The van der Waals surface area contributed by atoms with Crippen LogP contribution in [0, 0.1) is 5.92 Å². The highest BCUT2D eigenvalue weighted by atomic mass is 16.2. The Morgan fingerprint density at radius 2 is 1.76 bits per heavy atom. The van der Waals surface area contributed by atoms with Gasteiger partial charge in [-0.3, -0.25) is 9.59 Å². The summed E-state index contributed by atoms with van der Waals surface area (Å²) >= 11 is 0. The van der Waals surface area contributed by atoms with Gasteiger partial charge in [-0.2, -0.15) is 0 Å². The van der Waals surface area contributed by atoms with E-state index in [4.69, 9.17) is 0 Å². The maximum Gasteiger partial charge on any atom is 0.227 e. The molecule has 130 valence electrons. The van der Waals surface area contributed by atoms with Gasteiger partial charge >= 0.3 is 0 Å². The zero-order valence-electron chi connectivity index (χ0n) is 14.4. The first kappa shape index (κ1) is 16.1. The van der Waals surface area contributed by atoms with E-state index in [2.05, 4.69) is 47.8 Å². The predicted octanol–water partition coefficient (Wildman–Crippen LogP) is 3.07. The number of carbonyl (C=O) groups excluding carboxylic acids is 2. The normalized spacial score (nSPS) is 22.0. The molecule has 2 aliphatic rings. The lowest BCUT2D eigenvalue weighted by Gasteiger charge is -2.35. The second kappa shape index (κ2) is 6.87. The molecular weight excluding hydrogens is 312 g/mol. The van der Waals surface area contributed by atoms with E-state index in [1.165, 1.54) is 16.3 Å². The summed E-state index contributed by atoms with van der Waals surface area (Å²) in [6.45, 7) is 2.13. The van der Waals surface area contributed by atoms with Crippen LogP contribution in [0.25, 0.3) is 10.8 Å². The van der Waals surface area contributed by atoms with Gasteiger partial charge in [0, 0.05) is 26.1 Å². The van der Waals surface area contributed by atoms with Gasteiger partial charge in [-0.25, -0.2) is 0 Å². The molecule has 0 spiro atoms. The minimum absolute atomic E-state index is 0.0354. The van der Waals surface area contributed by atoms with Crippen LogP contribution in [-0.4, -0.2) is 36.3 Å². The fourth-order valence-electron chi connectivity index (χ4n) is 4.22. The Bertz CT molecular complexity index is 778. The zero-order chi connectivity index (χ0) is 17.2. The number of hydrogen-bond donors (Lipinski definition) is 1. The average Bonchev–Trinajstić information content (AvgIpc) is 2.68. The molecule has 2 aliphatic heterocycles. The fourth-order valence-corrected chi connectivity index (χ4v) is 4.22. The molecule has 0 unspecified atom stereocenters. The fraction of sp³-hybridized carbons (Fsp3) is 0.429. The highest BCUT2D eigenvalue weighted by molar-refractivity contribution is 5.86. The van der Waals surface area contributed by atoms with Crippen LogP contribution in [0.3, 0.4) is 0 Å². The van der Waals surface area contributed by atoms with E-state index in [0.29, 0.717) is 25.3 Å². The number of piperidine rings is 2. The largest absolute Gasteiger partial charge is 0.355 e. The summed E-state index contributed by atoms with van der Waals surface area (Å²) in [5.41, 5.74) is 1.41. The number of rotatable bonds is 2. The summed E-state index contributed by atoms with van der Waals surface area (Å²) in [4.78, 5) is 26.0. The van der Waals surface area contributed by atoms with E-state index >= 15 is 0 Å². The first-order valence-electron chi connectivity index (χ1n) is 9.25. The smallest absolute Gasteiger partial charge is 0.227 e. The lowest BCUT2D eigenvalue weighted by molar-refractivity contribution is -0.138. The number of amides is 2. The summed E-state index contributed by atoms with van der Waals surface area (Å²) < 4.78 is 0. The highest BCUT2D eigenvalue weighted by Crippen LogP contribution is 2.33. The maximum atomic E-state index is 12.7. The Kier molecular flexibility index (Phi) is 4.43. The van der Waals surface area contributed by atoms with Crippen LogP contribution in [0.4, 0.5) is 0 Å². The van der Waals surface area contributed by atoms with Crippen molar-refractivity contribution in [2.75, 3.05) is 19.6 Å². The molecule has 2 fully saturated rings. The standard InChI is InChI=1S/C21H24N2O2/c24-20-9-8-17(14-22-20)21(25)23-12-10-16(11-13-23)19-7-3-5-15-4-1-2-6-18(15)19/h1-7,16-17H,8-14H2,(H,22,24)/t17-/m0/s1. The van der Waals surface area contributed by atoms with Crippen LogP contribution in [0.15, 0.2) is 42.5 Å². The lowest BCUT2D eigenvalue weighted by Crippen LogP contribution is -2.47. The monoisotopic (exact) mass is 336 g/mol. The molecule has 4 nitrogen and oxygen atoms in total. The Balaban J connectivity index is 1.43.